The van der Waals surface area contributed by atoms with Crippen molar-refractivity contribution in [1.29, 1.82) is 0 Å². The quantitative estimate of drug-likeness (QED) is 0.535. The summed E-state index contributed by atoms with van der Waals surface area (Å²) in [5.41, 5.74) is -2.00. The molecule has 0 unspecified atom stereocenters. The average Bonchev–Trinajstić information content (AvgIpc) is 2.16. The SMILES string of the molecule is O=C([O-])c1cccc(C(=O)O)c1C(=O)O.[K+]. The average molecular weight is 248 g/mol. The van der Waals surface area contributed by atoms with Gasteiger partial charge in [-0.25, -0.2) is 9.59 Å². The third-order valence-corrected chi connectivity index (χ3v) is 1.73. The Morgan fingerprint density at radius 2 is 1.50 bits per heavy atom. The maximum absolute atomic E-state index is 10.7. The van der Waals surface area contributed by atoms with Crippen LogP contribution in [0.1, 0.15) is 31.1 Å². The van der Waals surface area contributed by atoms with Crippen LogP contribution < -0.4 is 56.5 Å². The standard InChI is InChI=1S/C9H6O6.K/c10-7(11)4-2-1-3-5(8(12)13)6(4)9(14)15;/h1-3H,(H,10,11)(H,12,13)(H,14,15);/q;+1/p-1. The molecule has 1 aromatic rings. The van der Waals surface area contributed by atoms with Gasteiger partial charge in [-0.1, -0.05) is 12.1 Å². The summed E-state index contributed by atoms with van der Waals surface area (Å²) in [4.78, 5) is 31.9. The Hall–Kier alpha value is -0.734. The van der Waals surface area contributed by atoms with Gasteiger partial charge in [0.1, 0.15) is 0 Å². The van der Waals surface area contributed by atoms with E-state index in [0.717, 1.165) is 18.2 Å². The number of carboxylic acid groups (broad SMARTS) is 3. The van der Waals surface area contributed by atoms with Crippen molar-refractivity contribution in [3.8, 4) is 0 Å². The van der Waals surface area contributed by atoms with Crippen LogP contribution in [0.4, 0.5) is 0 Å². The molecule has 0 saturated carbocycles. The number of carbonyl (C=O) groups is 3. The summed E-state index contributed by atoms with van der Waals surface area (Å²) in [6.07, 6.45) is 0. The zero-order chi connectivity index (χ0) is 11.6. The van der Waals surface area contributed by atoms with Gasteiger partial charge in [0.25, 0.3) is 0 Å². The Bertz CT molecular complexity index is 421. The first-order chi connectivity index (χ1) is 6.95. The van der Waals surface area contributed by atoms with Gasteiger partial charge in [0, 0.05) is 5.56 Å². The molecule has 0 spiro atoms. The minimum atomic E-state index is -1.73. The first kappa shape index (κ1) is 15.3. The minimum Gasteiger partial charge on any atom is -0.545 e. The molecule has 0 amide bonds. The first-order valence-corrected chi connectivity index (χ1v) is 3.76. The maximum atomic E-state index is 10.7. The van der Waals surface area contributed by atoms with E-state index in [9.17, 15) is 19.5 Å². The molecular weight excluding hydrogens is 243 g/mol. The Kier molecular flexibility index (Phi) is 5.83. The topological polar surface area (TPSA) is 115 Å². The van der Waals surface area contributed by atoms with Crippen molar-refractivity contribution in [2.75, 3.05) is 0 Å². The summed E-state index contributed by atoms with van der Waals surface area (Å²) in [5, 5.41) is 27.9. The molecule has 0 aromatic heterocycles. The van der Waals surface area contributed by atoms with Gasteiger partial charge in [-0.2, -0.15) is 0 Å². The van der Waals surface area contributed by atoms with Gasteiger partial charge in [-0.05, 0) is 6.07 Å². The summed E-state index contributed by atoms with van der Waals surface area (Å²) in [7, 11) is 0. The van der Waals surface area contributed by atoms with Crippen molar-refractivity contribution in [2.45, 2.75) is 0 Å². The van der Waals surface area contributed by atoms with Crippen LogP contribution in [0.2, 0.25) is 0 Å². The van der Waals surface area contributed by atoms with Crippen molar-refractivity contribution >= 4 is 17.9 Å². The molecule has 0 aliphatic rings. The zero-order valence-corrected chi connectivity index (χ0v) is 11.4. The molecule has 6 nitrogen and oxygen atoms in total. The van der Waals surface area contributed by atoms with Crippen LogP contribution in [0, 0.1) is 0 Å². The Balaban J connectivity index is 0.00000225. The van der Waals surface area contributed by atoms with E-state index in [2.05, 4.69) is 0 Å². The van der Waals surface area contributed by atoms with Crippen LogP contribution in [0.5, 0.6) is 0 Å². The number of hydrogen-bond acceptors (Lipinski definition) is 4. The monoisotopic (exact) mass is 248 g/mol. The molecule has 0 aliphatic carbocycles. The Morgan fingerprint density at radius 1 is 1.00 bits per heavy atom. The second-order valence-corrected chi connectivity index (χ2v) is 2.63. The fourth-order valence-corrected chi connectivity index (χ4v) is 1.13. The molecule has 1 rings (SSSR count). The van der Waals surface area contributed by atoms with Crippen LogP contribution in [-0.2, 0) is 0 Å². The number of carboxylic acids is 3. The van der Waals surface area contributed by atoms with Gasteiger partial charge in [0.15, 0.2) is 0 Å². The molecule has 7 heteroatoms. The van der Waals surface area contributed by atoms with Crippen LogP contribution in [0.3, 0.4) is 0 Å². The van der Waals surface area contributed by atoms with E-state index in [1.54, 1.807) is 0 Å². The normalized spacial score (nSPS) is 9.00. The second kappa shape index (κ2) is 6.11. The molecule has 2 N–H and O–H groups in total. The largest absolute Gasteiger partial charge is 1.00 e. The zero-order valence-electron chi connectivity index (χ0n) is 8.26. The van der Waals surface area contributed by atoms with Crippen molar-refractivity contribution in [3.05, 3.63) is 34.9 Å². The maximum Gasteiger partial charge on any atom is 1.00 e. The number of carbonyl (C=O) groups excluding carboxylic acids is 1. The van der Waals surface area contributed by atoms with Crippen LogP contribution >= 0.6 is 0 Å². The van der Waals surface area contributed by atoms with E-state index in [4.69, 9.17) is 10.2 Å². The molecule has 1 aromatic carbocycles. The van der Waals surface area contributed by atoms with E-state index in [1.807, 2.05) is 0 Å². The van der Waals surface area contributed by atoms with E-state index in [1.165, 1.54) is 0 Å². The predicted molar refractivity (Wildman–Crippen MR) is 44.7 cm³/mol. The molecule has 0 heterocycles. The molecule has 0 aliphatic heterocycles. The fourth-order valence-electron chi connectivity index (χ4n) is 1.13. The van der Waals surface area contributed by atoms with Gasteiger partial charge < -0.3 is 20.1 Å². The first-order valence-electron chi connectivity index (χ1n) is 3.76. The molecule has 0 saturated heterocycles. The number of hydrogen-bond donors (Lipinski definition) is 2. The smallest absolute Gasteiger partial charge is 0.545 e. The van der Waals surface area contributed by atoms with Gasteiger partial charge in [-0.3, -0.25) is 0 Å². The van der Waals surface area contributed by atoms with Crippen LogP contribution in [-0.4, -0.2) is 28.1 Å². The van der Waals surface area contributed by atoms with E-state index in [-0.39, 0.29) is 51.4 Å². The molecule has 16 heavy (non-hydrogen) atoms. The van der Waals surface area contributed by atoms with Crippen LogP contribution in [0.15, 0.2) is 18.2 Å². The Labute approximate surface area is 132 Å². The Morgan fingerprint density at radius 3 is 1.88 bits per heavy atom. The number of aromatic carboxylic acids is 3. The van der Waals surface area contributed by atoms with Crippen molar-refractivity contribution in [3.63, 3.8) is 0 Å². The molecule has 0 radical (unpaired) electrons. The summed E-state index contributed by atoms with van der Waals surface area (Å²) in [5.74, 6) is -4.85. The minimum absolute atomic E-state index is 0. The summed E-state index contributed by atoms with van der Waals surface area (Å²) in [6.45, 7) is 0. The van der Waals surface area contributed by atoms with Gasteiger partial charge >= 0.3 is 63.3 Å². The summed E-state index contributed by atoms with van der Waals surface area (Å²) in [6, 6.07) is 3.13. The summed E-state index contributed by atoms with van der Waals surface area (Å²) < 4.78 is 0. The molecule has 78 valence electrons. The van der Waals surface area contributed by atoms with E-state index < -0.39 is 34.6 Å². The third kappa shape index (κ3) is 3.13. The number of rotatable bonds is 3. The molecule has 0 fully saturated rings. The van der Waals surface area contributed by atoms with Crippen molar-refractivity contribution in [2.24, 2.45) is 0 Å². The van der Waals surface area contributed by atoms with E-state index >= 15 is 0 Å². The molecule has 0 atom stereocenters. The van der Waals surface area contributed by atoms with E-state index in [0.29, 0.717) is 0 Å². The predicted octanol–water partition coefficient (Wildman–Crippen LogP) is -3.55. The second-order valence-electron chi connectivity index (χ2n) is 2.63. The van der Waals surface area contributed by atoms with Gasteiger partial charge in [0.05, 0.1) is 17.1 Å². The van der Waals surface area contributed by atoms with Crippen molar-refractivity contribution in [1.82, 2.24) is 0 Å². The number of benzene rings is 1. The fraction of sp³-hybridized carbons (Fsp3) is 0. The molecule has 0 bridgehead atoms. The van der Waals surface area contributed by atoms with Gasteiger partial charge in [0.2, 0.25) is 0 Å². The van der Waals surface area contributed by atoms with Crippen molar-refractivity contribution < 1.29 is 81.1 Å². The van der Waals surface area contributed by atoms with Gasteiger partial charge in [-0.15, -0.1) is 0 Å². The van der Waals surface area contributed by atoms with Crippen LogP contribution in [0.25, 0.3) is 0 Å². The summed E-state index contributed by atoms with van der Waals surface area (Å²) >= 11 is 0. The molecular formula is C9H5KO6. The third-order valence-electron chi connectivity index (χ3n) is 1.73.